The van der Waals surface area contributed by atoms with Crippen molar-refractivity contribution in [2.75, 3.05) is 13.1 Å². The summed E-state index contributed by atoms with van der Waals surface area (Å²) in [6, 6.07) is 7.82. The van der Waals surface area contributed by atoms with Gasteiger partial charge in [-0.25, -0.2) is 26.9 Å². The number of sulfonamides is 1. The summed E-state index contributed by atoms with van der Waals surface area (Å²) in [6.07, 6.45) is 2.17. The van der Waals surface area contributed by atoms with Crippen molar-refractivity contribution in [3.05, 3.63) is 81.2 Å². The minimum Gasteiger partial charge on any atom is -0.343 e. The first-order chi connectivity index (χ1) is 16.5. The zero-order chi connectivity index (χ0) is 25.3. The van der Waals surface area contributed by atoms with Crippen molar-refractivity contribution in [1.82, 2.24) is 19.6 Å². The van der Waals surface area contributed by atoms with E-state index in [2.05, 4.69) is 14.7 Å². The number of nitrogens with one attached hydrogen (secondary N) is 2. The number of hydrogen-bond acceptors (Lipinski definition) is 4. The van der Waals surface area contributed by atoms with E-state index in [4.69, 9.17) is 23.2 Å². The number of imidazole rings is 1. The zero-order valence-electron chi connectivity index (χ0n) is 18.6. The van der Waals surface area contributed by atoms with Gasteiger partial charge in [-0.3, -0.25) is 4.79 Å². The lowest BCUT2D eigenvalue weighted by atomic mass is 9.90. The number of halogens is 4. The van der Waals surface area contributed by atoms with E-state index in [1.807, 2.05) is 0 Å². The van der Waals surface area contributed by atoms with Crippen LogP contribution in [0.2, 0.25) is 10.0 Å². The molecule has 7 nitrogen and oxygen atoms in total. The number of rotatable bonds is 6. The van der Waals surface area contributed by atoms with Crippen LogP contribution in [-0.4, -0.2) is 48.3 Å². The smallest absolute Gasteiger partial charge is 0.257 e. The van der Waals surface area contributed by atoms with Crippen LogP contribution in [-0.2, 0) is 14.8 Å². The third-order valence-electron chi connectivity index (χ3n) is 5.95. The molecule has 12 heteroatoms. The fourth-order valence-corrected chi connectivity index (χ4v) is 5.70. The quantitative estimate of drug-likeness (QED) is 0.480. The van der Waals surface area contributed by atoms with Crippen LogP contribution in [0.15, 0.2) is 47.6 Å². The number of piperidine rings is 1. The van der Waals surface area contributed by atoms with E-state index in [0.717, 1.165) is 0 Å². The van der Waals surface area contributed by atoms with Gasteiger partial charge in [0.25, 0.3) is 10.0 Å². The molecule has 2 heterocycles. The van der Waals surface area contributed by atoms with Gasteiger partial charge in [0.2, 0.25) is 5.91 Å². The van der Waals surface area contributed by atoms with Gasteiger partial charge >= 0.3 is 0 Å². The molecule has 0 spiro atoms. The molecule has 1 saturated heterocycles. The number of nitrogens with zero attached hydrogens (tertiary/aromatic N) is 2. The van der Waals surface area contributed by atoms with Gasteiger partial charge in [-0.05, 0) is 48.2 Å². The molecule has 0 bridgehead atoms. The number of aromatic nitrogens is 2. The third-order valence-corrected chi connectivity index (χ3v) is 7.96. The molecule has 1 aliphatic rings. The highest BCUT2D eigenvalue weighted by molar-refractivity contribution is 7.89. The first kappa shape index (κ1) is 25.6. The fourth-order valence-electron chi connectivity index (χ4n) is 4.09. The topological polar surface area (TPSA) is 95.2 Å². The average Bonchev–Trinajstić information content (AvgIpc) is 3.30. The Kier molecular flexibility index (Phi) is 7.46. The van der Waals surface area contributed by atoms with Crippen LogP contribution < -0.4 is 4.72 Å². The van der Waals surface area contributed by atoms with Gasteiger partial charge in [-0.15, -0.1) is 0 Å². The highest BCUT2D eigenvalue weighted by Crippen LogP contribution is 2.34. The molecule has 0 aliphatic carbocycles. The molecule has 0 unspecified atom stereocenters. The van der Waals surface area contributed by atoms with Crippen LogP contribution >= 0.6 is 23.2 Å². The summed E-state index contributed by atoms with van der Waals surface area (Å²) in [4.78, 5) is 20.3. The molecular formula is C23H22Cl2F2N4O3S. The Morgan fingerprint density at radius 2 is 1.63 bits per heavy atom. The summed E-state index contributed by atoms with van der Waals surface area (Å²) in [5.74, 6) is -1.78. The van der Waals surface area contributed by atoms with E-state index in [-0.39, 0.29) is 32.8 Å². The molecule has 0 atom stereocenters. The lowest BCUT2D eigenvalue weighted by molar-refractivity contribution is -0.129. The van der Waals surface area contributed by atoms with Crippen LogP contribution in [0.1, 0.15) is 42.6 Å². The minimum absolute atomic E-state index is 0.0441. The van der Waals surface area contributed by atoms with Gasteiger partial charge in [-0.2, -0.15) is 0 Å². The van der Waals surface area contributed by atoms with Crippen molar-refractivity contribution in [2.45, 2.75) is 36.8 Å². The summed E-state index contributed by atoms with van der Waals surface area (Å²) in [5.41, 5.74) is 1.00. The van der Waals surface area contributed by atoms with E-state index >= 15 is 0 Å². The second kappa shape index (κ2) is 10.2. The Balaban J connectivity index is 1.64. The van der Waals surface area contributed by atoms with Crippen LogP contribution in [0.4, 0.5) is 8.78 Å². The third kappa shape index (κ3) is 5.66. The monoisotopic (exact) mass is 542 g/mol. The number of carbonyl (C=O) groups is 1. The summed E-state index contributed by atoms with van der Waals surface area (Å²) in [6.45, 7) is 2.42. The molecule has 2 aromatic carbocycles. The maximum atomic E-state index is 13.8. The molecule has 1 fully saturated rings. The molecule has 1 aromatic heterocycles. The molecule has 3 aromatic rings. The van der Waals surface area contributed by atoms with Gasteiger partial charge in [0, 0.05) is 26.1 Å². The minimum atomic E-state index is -3.95. The Labute approximate surface area is 211 Å². The molecule has 2 N–H and O–H groups in total. The number of hydrogen-bond donors (Lipinski definition) is 2. The number of carbonyl (C=O) groups excluding carboxylic acids is 1. The number of benzene rings is 2. The maximum absolute atomic E-state index is 13.8. The largest absolute Gasteiger partial charge is 0.343 e. The summed E-state index contributed by atoms with van der Waals surface area (Å²) in [7, 11) is -3.95. The van der Waals surface area contributed by atoms with Crippen LogP contribution in [0.5, 0.6) is 0 Å². The first-order valence-electron chi connectivity index (χ1n) is 10.8. The number of amides is 1. The number of likely N-dealkylation sites (tertiary alicyclic amines) is 1. The maximum Gasteiger partial charge on any atom is 0.257 e. The van der Waals surface area contributed by atoms with Crippen molar-refractivity contribution in [3.63, 3.8) is 0 Å². The van der Waals surface area contributed by atoms with Crippen molar-refractivity contribution in [2.24, 2.45) is 0 Å². The van der Waals surface area contributed by atoms with Gasteiger partial charge in [0.1, 0.15) is 17.5 Å². The normalized spacial score (nSPS) is 15.1. The Bertz CT molecular complexity index is 1310. The summed E-state index contributed by atoms with van der Waals surface area (Å²) < 4.78 is 56.3. The van der Waals surface area contributed by atoms with E-state index < -0.39 is 27.6 Å². The highest BCUT2D eigenvalue weighted by Gasteiger charge is 2.29. The van der Waals surface area contributed by atoms with Crippen molar-refractivity contribution < 1.29 is 22.0 Å². The van der Waals surface area contributed by atoms with Gasteiger partial charge in [0.05, 0.1) is 22.2 Å². The Hall–Kier alpha value is -2.53. The van der Waals surface area contributed by atoms with Gasteiger partial charge in [0.15, 0.2) is 5.03 Å². The molecule has 0 saturated carbocycles. The van der Waals surface area contributed by atoms with Crippen LogP contribution in [0.25, 0.3) is 0 Å². The lowest BCUT2D eigenvalue weighted by Crippen LogP contribution is -2.45. The SMILES string of the molecule is CC(=O)N1CCC(NS(=O)(=O)c2cnc(C(c3ccc(F)c(Cl)c3)c3ccc(F)c(Cl)c3)[nH]2)CC1. The van der Waals surface area contributed by atoms with Crippen LogP contribution in [0.3, 0.4) is 0 Å². The van der Waals surface area contributed by atoms with Crippen molar-refractivity contribution in [3.8, 4) is 0 Å². The summed E-state index contributed by atoms with van der Waals surface area (Å²) >= 11 is 12.0. The summed E-state index contributed by atoms with van der Waals surface area (Å²) in [5, 5.41) is -0.412. The van der Waals surface area contributed by atoms with E-state index in [1.54, 1.807) is 4.90 Å². The number of aromatic amines is 1. The van der Waals surface area contributed by atoms with E-state index in [1.165, 1.54) is 49.5 Å². The van der Waals surface area contributed by atoms with Crippen molar-refractivity contribution in [1.29, 1.82) is 0 Å². The first-order valence-corrected chi connectivity index (χ1v) is 13.0. The van der Waals surface area contributed by atoms with E-state index in [0.29, 0.717) is 37.1 Å². The molecule has 1 amide bonds. The predicted octanol–water partition coefficient (Wildman–Crippen LogP) is 4.46. The highest BCUT2D eigenvalue weighted by atomic mass is 35.5. The average molecular weight is 543 g/mol. The van der Waals surface area contributed by atoms with E-state index in [9.17, 15) is 22.0 Å². The molecular weight excluding hydrogens is 521 g/mol. The van der Waals surface area contributed by atoms with Crippen LogP contribution in [0, 0.1) is 11.6 Å². The molecule has 35 heavy (non-hydrogen) atoms. The standard InChI is InChI=1S/C23H22Cl2F2N4O3S/c1-13(32)31-8-6-16(7-9-31)30-35(33,34)21-12-28-23(29-21)22(14-2-4-19(26)17(24)10-14)15-3-5-20(27)18(25)11-15/h2-5,10-12,16,22,30H,6-9H2,1H3,(H,28,29). The Morgan fingerprint density at radius 3 is 2.11 bits per heavy atom. The van der Waals surface area contributed by atoms with Gasteiger partial charge in [-0.1, -0.05) is 35.3 Å². The zero-order valence-corrected chi connectivity index (χ0v) is 20.9. The molecule has 0 radical (unpaired) electrons. The second-order valence-corrected chi connectivity index (χ2v) is 10.8. The fraction of sp³-hybridized carbons (Fsp3) is 0.304. The Morgan fingerprint density at radius 1 is 1.09 bits per heavy atom. The van der Waals surface area contributed by atoms with Gasteiger partial charge < -0.3 is 9.88 Å². The lowest BCUT2D eigenvalue weighted by Gasteiger charge is -2.31. The number of H-pyrrole nitrogens is 1. The predicted molar refractivity (Wildman–Crippen MR) is 128 cm³/mol. The molecule has 4 rings (SSSR count). The molecule has 1 aliphatic heterocycles. The van der Waals surface area contributed by atoms with Crippen molar-refractivity contribution >= 4 is 39.1 Å². The molecule has 186 valence electrons. The second-order valence-electron chi connectivity index (χ2n) is 8.31.